The minimum Gasteiger partial charge on any atom is -0.756 e. The predicted molar refractivity (Wildman–Crippen MR) is 305 cm³/mol. The van der Waals surface area contributed by atoms with Gasteiger partial charge in [-0.05, 0) is 96.3 Å². The van der Waals surface area contributed by atoms with E-state index in [4.69, 9.17) is 18.5 Å². The average molecular weight is 1030 g/mol. The molecule has 414 valence electrons. The van der Waals surface area contributed by atoms with Crippen molar-refractivity contribution in [2.24, 2.45) is 0 Å². The van der Waals surface area contributed by atoms with Gasteiger partial charge in [0, 0.05) is 12.8 Å². The molecule has 0 saturated heterocycles. The molecule has 2 atom stereocenters. The number of unbranched alkanes of at least 4 members (excludes halogenated alkanes) is 22. The Bertz CT molecular complexity index is 1540. The molecule has 0 aromatic carbocycles. The van der Waals surface area contributed by atoms with Crippen LogP contribution in [0.5, 0.6) is 0 Å². The van der Waals surface area contributed by atoms with Crippen molar-refractivity contribution in [3.63, 3.8) is 0 Å². The van der Waals surface area contributed by atoms with Crippen LogP contribution in [0.2, 0.25) is 0 Å². The number of carbonyl (C=O) groups excluding carboxylic acids is 2. The number of allylic oxidation sites excluding steroid dienone is 16. The summed E-state index contributed by atoms with van der Waals surface area (Å²) in [4.78, 5) is 37.8. The Hall–Kier alpha value is -3.07. The van der Waals surface area contributed by atoms with E-state index in [2.05, 4.69) is 111 Å². The molecule has 0 fully saturated rings. The van der Waals surface area contributed by atoms with E-state index in [1.807, 2.05) is 21.1 Å². The minimum absolute atomic E-state index is 0.0354. The zero-order valence-corrected chi connectivity index (χ0v) is 47.7. The molecule has 72 heavy (non-hydrogen) atoms. The van der Waals surface area contributed by atoms with E-state index in [9.17, 15) is 19.0 Å². The zero-order chi connectivity index (χ0) is 52.7. The van der Waals surface area contributed by atoms with Crippen LogP contribution in [-0.4, -0.2) is 70.0 Å². The maximum atomic E-state index is 12.8. The van der Waals surface area contributed by atoms with Crippen molar-refractivity contribution in [2.45, 2.75) is 238 Å². The Morgan fingerprint density at radius 3 is 1.19 bits per heavy atom. The first-order valence-electron chi connectivity index (χ1n) is 28.9. The maximum Gasteiger partial charge on any atom is 0.306 e. The van der Waals surface area contributed by atoms with Crippen LogP contribution in [-0.2, 0) is 32.7 Å². The molecule has 0 aliphatic carbocycles. The zero-order valence-electron chi connectivity index (χ0n) is 46.8. The van der Waals surface area contributed by atoms with E-state index in [-0.39, 0.29) is 26.1 Å². The van der Waals surface area contributed by atoms with Crippen molar-refractivity contribution in [2.75, 3.05) is 47.5 Å². The van der Waals surface area contributed by atoms with Crippen molar-refractivity contribution in [3.8, 4) is 0 Å². The molecule has 0 aliphatic rings. The molecule has 9 nitrogen and oxygen atoms in total. The summed E-state index contributed by atoms with van der Waals surface area (Å²) in [6.45, 7) is 4.09. The van der Waals surface area contributed by atoms with Gasteiger partial charge in [-0.3, -0.25) is 14.2 Å². The lowest BCUT2D eigenvalue weighted by Crippen LogP contribution is -2.37. The smallest absolute Gasteiger partial charge is 0.306 e. The molecule has 0 N–H and O–H groups in total. The topological polar surface area (TPSA) is 111 Å². The number of esters is 2. The van der Waals surface area contributed by atoms with Crippen LogP contribution in [0.4, 0.5) is 0 Å². The molecule has 0 amide bonds. The van der Waals surface area contributed by atoms with Crippen molar-refractivity contribution < 1.29 is 42.1 Å². The van der Waals surface area contributed by atoms with Crippen LogP contribution in [0, 0.1) is 0 Å². The lowest BCUT2D eigenvalue weighted by atomic mass is 10.0. The Balaban J connectivity index is 4.07. The van der Waals surface area contributed by atoms with E-state index >= 15 is 0 Å². The summed E-state index contributed by atoms with van der Waals surface area (Å²) in [5.41, 5.74) is 0. The second-order valence-corrected chi connectivity index (χ2v) is 21.7. The lowest BCUT2D eigenvalue weighted by Gasteiger charge is -2.28. The Labute approximate surface area is 443 Å². The highest BCUT2D eigenvalue weighted by atomic mass is 31.2. The van der Waals surface area contributed by atoms with Crippen LogP contribution in [0.15, 0.2) is 97.2 Å². The number of likely N-dealkylation sites (N-methyl/N-ethyl adjacent to an activating group) is 1. The first kappa shape index (κ1) is 68.9. The fraction of sp³-hybridized carbons (Fsp3) is 0.710. The number of ether oxygens (including phenoxy) is 2. The first-order chi connectivity index (χ1) is 35.0. The molecular weight excluding hydrogens is 918 g/mol. The van der Waals surface area contributed by atoms with E-state index in [0.29, 0.717) is 17.4 Å². The maximum absolute atomic E-state index is 12.8. The van der Waals surface area contributed by atoms with Gasteiger partial charge in [-0.1, -0.05) is 220 Å². The third-order valence-corrected chi connectivity index (χ3v) is 13.1. The standard InChI is InChI=1S/C62H108NO8P/c1-6-8-10-12-14-16-18-20-21-22-23-24-25-26-27-28-29-30-31-32-33-34-35-36-37-38-39-40-41-43-45-47-49-51-53-55-62(65)71-60(59-70-72(66,67)69-57-56-63(3,4)5)58-68-61(64)54-52-50-48-46-44-42-19-17-15-13-11-9-7-2/h8,10,14,16-17,19-21,23-24,26-27,29-30,32-33,60H,6-7,9,11-13,15,18,22,25,28,31,34-59H2,1-5H3/b10-8-,16-14-,19-17-,21-20-,24-23-,27-26-,30-29-,33-32-. The summed E-state index contributed by atoms with van der Waals surface area (Å²) in [6.07, 6.45) is 71.7. The second kappa shape index (κ2) is 52.8. The number of rotatable bonds is 52. The third kappa shape index (κ3) is 56.2. The highest BCUT2D eigenvalue weighted by Gasteiger charge is 2.21. The van der Waals surface area contributed by atoms with Crippen molar-refractivity contribution in [1.29, 1.82) is 0 Å². The summed E-state index contributed by atoms with van der Waals surface area (Å²) in [5.74, 6) is -0.847. The monoisotopic (exact) mass is 1030 g/mol. The second-order valence-electron chi connectivity index (χ2n) is 20.3. The van der Waals surface area contributed by atoms with Gasteiger partial charge in [-0.15, -0.1) is 0 Å². The van der Waals surface area contributed by atoms with Gasteiger partial charge < -0.3 is 27.9 Å². The minimum atomic E-state index is -4.64. The van der Waals surface area contributed by atoms with Gasteiger partial charge in [0.05, 0.1) is 27.7 Å². The molecule has 2 unspecified atom stereocenters. The quantitative estimate of drug-likeness (QED) is 0.0195. The highest BCUT2D eigenvalue weighted by molar-refractivity contribution is 7.45. The van der Waals surface area contributed by atoms with Crippen molar-refractivity contribution in [3.05, 3.63) is 97.2 Å². The number of phosphoric ester groups is 1. The molecule has 10 heteroatoms. The fourth-order valence-electron chi connectivity index (χ4n) is 7.63. The number of hydrogen-bond acceptors (Lipinski definition) is 8. The number of hydrogen-bond donors (Lipinski definition) is 0. The molecule has 0 saturated carbocycles. The van der Waals surface area contributed by atoms with Gasteiger partial charge in [-0.25, -0.2) is 0 Å². The highest BCUT2D eigenvalue weighted by Crippen LogP contribution is 2.38. The van der Waals surface area contributed by atoms with Gasteiger partial charge in [0.1, 0.15) is 19.8 Å². The van der Waals surface area contributed by atoms with Crippen LogP contribution in [0.1, 0.15) is 232 Å². The SMILES string of the molecule is CC/C=C\C/C=C\C/C=C\C/C=C\C/C=C\C/C=C\C/C=C\CCCCCCCCCCCCCCCC(=O)OC(COC(=O)CCCCCCC/C=C\CCCCCC)COP(=O)([O-])OCC[N+](C)(C)C. The van der Waals surface area contributed by atoms with Crippen LogP contribution in [0.25, 0.3) is 0 Å². The fourth-order valence-corrected chi connectivity index (χ4v) is 8.36. The molecule has 0 bridgehead atoms. The Morgan fingerprint density at radius 1 is 0.444 bits per heavy atom. The van der Waals surface area contributed by atoms with Gasteiger partial charge in [0.25, 0.3) is 7.82 Å². The molecule has 0 aromatic rings. The molecule has 0 spiro atoms. The Morgan fingerprint density at radius 2 is 0.792 bits per heavy atom. The largest absolute Gasteiger partial charge is 0.756 e. The molecule has 0 aliphatic heterocycles. The first-order valence-corrected chi connectivity index (χ1v) is 30.4. The predicted octanol–water partition coefficient (Wildman–Crippen LogP) is 17.4. The molecule has 0 rings (SSSR count). The number of nitrogens with zero attached hydrogens (tertiary/aromatic N) is 1. The van der Waals surface area contributed by atoms with Crippen LogP contribution < -0.4 is 4.89 Å². The van der Waals surface area contributed by atoms with E-state index in [1.165, 1.54) is 96.3 Å². The normalized spacial score (nSPS) is 14.0. The number of carbonyl (C=O) groups is 2. The van der Waals surface area contributed by atoms with Crippen molar-refractivity contribution >= 4 is 19.8 Å². The van der Waals surface area contributed by atoms with Crippen molar-refractivity contribution in [1.82, 2.24) is 0 Å². The number of quaternary nitrogens is 1. The summed E-state index contributed by atoms with van der Waals surface area (Å²) < 4.78 is 34.1. The average Bonchev–Trinajstić information content (AvgIpc) is 3.34. The third-order valence-electron chi connectivity index (χ3n) is 12.1. The summed E-state index contributed by atoms with van der Waals surface area (Å²) >= 11 is 0. The van der Waals surface area contributed by atoms with Gasteiger partial charge in [0.2, 0.25) is 0 Å². The molecular formula is C62H108NO8P. The van der Waals surface area contributed by atoms with E-state index in [1.54, 1.807) is 0 Å². The van der Waals surface area contributed by atoms with Gasteiger partial charge in [0.15, 0.2) is 6.10 Å². The number of phosphoric acid groups is 1. The summed E-state index contributed by atoms with van der Waals surface area (Å²) in [6, 6.07) is 0. The molecule has 0 radical (unpaired) electrons. The van der Waals surface area contributed by atoms with Gasteiger partial charge in [-0.2, -0.15) is 0 Å². The molecule has 0 aromatic heterocycles. The molecule has 0 heterocycles. The van der Waals surface area contributed by atoms with Crippen LogP contribution >= 0.6 is 7.82 Å². The summed E-state index contributed by atoms with van der Waals surface area (Å²) in [7, 11) is 1.15. The van der Waals surface area contributed by atoms with Gasteiger partial charge >= 0.3 is 11.9 Å². The van der Waals surface area contributed by atoms with Crippen LogP contribution in [0.3, 0.4) is 0 Å². The summed E-state index contributed by atoms with van der Waals surface area (Å²) in [5, 5.41) is 0. The lowest BCUT2D eigenvalue weighted by molar-refractivity contribution is -0.870. The van der Waals surface area contributed by atoms with E-state index in [0.717, 1.165) is 103 Å². The van der Waals surface area contributed by atoms with E-state index < -0.39 is 32.5 Å². The Kier molecular flexibility index (Phi) is 50.5.